The Hall–Kier alpha value is -2.37. The molecule has 3 amide bonds. The minimum atomic E-state index is -0.946. The Morgan fingerprint density at radius 2 is 1.82 bits per heavy atom. The molecule has 6 nitrogen and oxygen atoms in total. The monoisotopic (exact) mass is 303 g/mol. The molecular formula is C16H21N3O3. The van der Waals surface area contributed by atoms with Crippen LogP contribution in [0.15, 0.2) is 24.3 Å². The van der Waals surface area contributed by atoms with Crippen LogP contribution in [0.4, 0.5) is 5.69 Å². The SMILES string of the molecule is CN1NC(=O)C(CC(=O)Nc2ccc(C(C)(C)C)cc2)C1=O. The second kappa shape index (κ2) is 5.79. The predicted octanol–water partition coefficient (Wildman–Crippen LogP) is 1.43. The van der Waals surface area contributed by atoms with Gasteiger partial charge in [0.1, 0.15) is 5.92 Å². The van der Waals surface area contributed by atoms with E-state index in [2.05, 4.69) is 31.5 Å². The molecule has 1 aliphatic rings. The lowest BCUT2D eigenvalue weighted by molar-refractivity contribution is -0.134. The Morgan fingerprint density at radius 1 is 1.23 bits per heavy atom. The highest BCUT2D eigenvalue weighted by atomic mass is 16.2. The summed E-state index contributed by atoms with van der Waals surface area (Å²) in [6.45, 7) is 6.34. The first-order valence-electron chi connectivity index (χ1n) is 7.17. The number of benzene rings is 1. The number of anilines is 1. The van der Waals surface area contributed by atoms with Gasteiger partial charge in [0.15, 0.2) is 0 Å². The van der Waals surface area contributed by atoms with Crippen molar-refractivity contribution in [1.82, 2.24) is 10.4 Å². The second-order valence-corrected chi connectivity index (χ2v) is 6.51. The Labute approximate surface area is 129 Å². The van der Waals surface area contributed by atoms with Gasteiger partial charge in [-0.1, -0.05) is 32.9 Å². The standard InChI is InChI=1S/C16H21N3O3/c1-16(2,3)10-5-7-11(8-6-10)17-13(20)9-12-14(21)18-19(4)15(12)22/h5-8,12H,9H2,1-4H3,(H,17,20)(H,18,21). The summed E-state index contributed by atoms with van der Waals surface area (Å²) < 4.78 is 0. The first-order valence-corrected chi connectivity index (χ1v) is 7.17. The number of amides is 3. The van der Waals surface area contributed by atoms with Crippen molar-refractivity contribution >= 4 is 23.4 Å². The van der Waals surface area contributed by atoms with Crippen LogP contribution < -0.4 is 10.7 Å². The van der Waals surface area contributed by atoms with Crippen molar-refractivity contribution in [2.75, 3.05) is 12.4 Å². The highest BCUT2D eigenvalue weighted by molar-refractivity contribution is 6.08. The van der Waals surface area contributed by atoms with Crippen LogP contribution in [0, 0.1) is 5.92 Å². The molecule has 1 saturated heterocycles. The summed E-state index contributed by atoms with van der Waals surface area (Å²) in [5.74, 6) is -2.12. The van der Waals surface area contributed by atoms with Gasteiger partial charge in [0.25, 0.3) is 11.8 Å². The van der Waals surface area contributed by atoms with Gasteiger partial charge in [0.05, 0.1) is 0 Å². The van der Waals surface area contributed by atoms with Gasteiger partial charge in [-0.3, -0.25) is 24.8 Å². The van der Waals surface area contributed by atoms with E-state index in [-0.39, 0.29) is 23.7 Å². The van der Waals surface area contributed by atoms with Crippen LogP contribution in [0.2, 0.25) is 0 Å². The van der Waals surface area contributed by atoms with E-state index in [1.54, 1.807) is 0 Å². The highest BCUT2D eigenvalue weighted by Crippen LogP contribution is 2.23. The van der Waals surface area contributed by atoms with E-state index in [0.717, 1.165) is 10.6 Å². The van der Waals surface area contributed by atoms with Crippen molar-refractivity contribution in [1.29, 1.82) is 0 Å². The minimum absolute atomic E-state index is 0.0431. The van der Waals surface area contributed by atoms with Crippen molar-refractivity contribution in [2.24, 2.45) is 5.92 Å². The summed E-state index contributed by atoms with van der Waals surface area (Å²) in [6, 6.07) is 7.55. The van der Waals surface area contributed by atoms with Crippen LogP contribution in [-0.2, 0) is 19.8 Å². The Morgan fingerprint density at radius 3 is 2.27 bits per heavy atom. The molecule has 22 heavy (non-hydrogen) atoms. The molecule has 1 aromatic rings. The van der Waals surface area contributed by atoms with Gasteiger partial charge >= 0.3 is 0 Å². The van der Waals surface area contributed by atoms with E-state index in [1.807, 2.05) is 24.3 Å². The number of rotatable bonds is 3. The zero-order chi connectivity index (χ0) is 16.5. The fourth-order valence-corrected chi connectivity index (χ4v) is 2.28. The average molecular weight is 303 g/mol. The molecule has 0 aromatic heterocycles. The highest BCUT2D eigenvalue weighted by Gasteiger charge is 2.38. The fourth-order valence-electron chi connectivity index (χ4n) is 2.28. The van der Waals surface area contributed by atoms with Crippen molar-refractivity contribution in [3.8, 4) is 0 Å². The van der Waals surface area contributed by atoms with Crippen LogP contribution in [0.5, 0.6) is 0 Å². The molecule has 2 N–H and O–H groups in total. The molecule has 0 saturated carbocycles. The Balaban J connectivity index is 1.98. The fraction of sp³-hybridized carbons (Fsp3) is 0.438. The maximum atomic E-state index is 12.0. The minimum Gasteiger partial charge on any atom is -0.326 e. The molecule has 1 unspecified atom stereocenters. The summed E-state index contributed by atoms with van der Waals surface area (Å²) in [5, 5.41) is 3.82. The lowest BCUT2D eigenvalue weighted by Crippen LogP contribution is -2.31. The van der Waals surface area contributed by atoms with E-state index < -0.39 is 11.8 Å². The summed E-state index contributed by atoms with van der Waals surface area (Å²) in [6.07, 6.45) is -0.157. The number of nitrogens with one attached hydrogen (secondary N) is 2. The largest absolute Gasteiger partial charge is 0.326 e. The number of hydrazine groups is 1. The molecule has 1 heterocycles. The number of carbonyl (C=O) groups is 3. The number of carbonyl (C=O) groups excluding carboxylic acids is 3. The normalized spacial score (nSPS) is 18.4. The molecule has 1 aliphatic heterocycles. The predicted molar refractivity (Wildman–Crippen MR) is 82.8 cm³/mol. The van der Waals surface area contributed by atoms with Crippen molar-refractivity contribution in [2.45, 2.75) is 32.6 Å². The molecule has 0 radical (unpaired) electrons. The van der Waals surface area contributed by atoms with Gasteiger partial charge in [-0.2, -0.15) is 0 Å². The molecule has 1 aromatic carbocycles. The summed E-state index contributed by atoms with van der Waals surface area (Å²) >= 11 is 0. The summed E-state index contributed by atoms with van der Waals surface area (Å²) in [5.41, 5.74) is 4.23. The molecule has 2 rings (SSSR count). The van der Waals surface area contributed by atoms with E-state index in [0.29, 0.717) is 5.69 Å². The molecule has 1 atom stereocenters. The van der Waals surface area contributed by atoms with Crippen LogP contribution in [0.3, 0.4) is 0 Å². The third-order valence-corrected chi connectivity index (χ3v) is 3.65. The van der Waals surface area contributed by atoms with Crippen LogP contribution >= 0.6 is 0 Å². The van der Waals surface area contributed by atoms with Gasteiger partial charge in [-0.15, -0.1) is 0 Å². The average Bonchev–Trinajstić information content (AvgIpc) is 2.65. The summed E-state index contributed by atoms with van der Waals surface area (Å²) in [4.78, 5) is 35.3. The number of hydrogen-bond acceptors (Lipinski definition) is 3. The van der Waals surface area contributed by atoms with Gasteiger partial charge in [0.2, 0.25) is 5.91 Å². The van der Waals surface area contributed by atoms with Crippen LogP contribution in [0.25, 0.3) is 0 Å². The smallest absolute Gasteiger partial charge is 0.253 e. The Bertz CT molecular complexity index is 602. The molecule has 1 fully saturated rings. The van der Waals surface area contributed by atoms with Gasteiger partial charge in [-0.25, -0.2) is 0 Å². The number of hydrogen-bond donors (Lipinski definition) is 2. The summed E-state index contributed by atoms with van der Waals surface area (Å²) in [7, 11) is 1.46. The lowest BCUT2D eigenvalue weighted by Gasteiger charge is -2.19. The van der Waals surface area contributed by atoms with E-state index >= 15 is 0 Å². The van der Waals surface area contributed by atoms with Crippen molar-refractivity contribution in [3.05, 3.63) is 29.8 Å². The third-order valence-electron chi connectivity index (χ3n) is 3.65. The maximum Gasteiger partial charge on any atom is 0.253 e. The van der Waals surface area contributed by atoms with E-state index in [1.165, 1.54) is 7.05 Å². The molecule has 6 heteroatoms. The first-order chi connectivity index (χ1) is 10.2. The lowest BCUT2D eigenvalue weighted by atomic mass is 9.87. The second-order valence-electron chi connectivity index (χ2n) is 6.51. The van der Waals surface area contributed by atoms with Crippen LogP contribution in [0.1, 0.15) is 32.8 Å². The molecule has 0 spiro atoms. The first kappa shape index (κ1) is 16.0. The third kappa shape index (κ3) is 3.44. The zero-order valence-electron chi connectivity index (χ0n) is 13.3. The van der Waals surface area contributed by atoms with Gasteiger partial charge < -0.3 is 5.32 Å². The number of nitrogens with zero attached hydrogens (tertiary/aromatic N) is 1. The van der Waals surface area contributed by atoms with Crippen molar-refractivity contribution < 1.29 is 14.4 Å². The Kier molecular flexibility index (Phi) is 4.21. The van der Waals surface area contributed by atoms with Crippen LogP contribution in [-0.4, -0.2) is 29.8 Å². The zero-order valence-corrected chi connectivity index (χ0v) is 13.3. The molecule has 118 valence electrons. The molecule has 0 aliphatic carbocycles. The van der Waals surface area contributed by atoms with Crippen molar-refractivity contribution in [3.63, 3.8) is 0 Å². The van der Waals surface area contributed by atoms with E-state index in [9.17, 15) is 14.4 Å². The van der Waals surface area contributed by atoms with E-state index in [4.69, 9.17) is 0 Å². The molecule has 0 bridgehead atoms. The van der Waals surface area contributed by atoms with Gasteiger partial charge in [-0.05, 0) is 23.1 Å². The van der Waals surface area contributed by atoms with Gasteiger partial charge in [0, 0.05) is 19.2 Å². The maximum absolute atomic E-state index is 12.0. The quantitative estimate of drug-likeness (QED) is 0.829. The molecular weight excluding hydrogens is 282 g/mol. The topological polar surface area (TPSA) is 78.5 Å².